The van der Waals surface area contributed by atoms with E-state index >= 15 is 0 Å². The van der Waals surface area contributed by atoms with Gasteiger partial charge in [0.15, 0.2) is 0 Å². The fourth-order valence-electron chi connectivity index (χ4n) is 1.79. The molecule has 96 valence electrons. The molecule has 1 heterocycles. The average Bonchev–Trinajstić information content (AvgIpc) is 2.58. The second-order valence-corrected chi connectivity index (χ2v) is 3.97. The summed E-state index contributed by atoms with van der Waals surface area (Å²) in [7, 11) is 1.24. The molecular formula is C10H15NO6. The Morgan fingerprint density at radius 2 is 2.24 bits per heavy atom. The molecule has 1 aliphatic rings. The fourth-order valence-corrected chi connectivity index (χ4v) is 1.79. The Labute approximate surface area is 98.0 Å². The number of hydrogen-bond donors (Lipinski definition) is 2. The van der Waals surface area contributed by atoms with E-state index in [0.29, 0.717) is 0 Å². The van der Waals surface area contributed by atoms with Crippen LogP contribution in [-0.2, 0) is 19.1 Å². The lowest BCUT2D eigenvalue weighted by atomic mass is 10.1. The van der Waals surface area contributed by atoms with Crippen LogP contribution in [0.5, 0.6) is 0 Å². The van der Waals surface area contributed by atoms with Crippen molar-refractivity contribution in [2.45, 2.75) is 18.9 Å². The van der Waals surface area contributed by atoms with Crippen molar-refractivity contribution < 1.29 is 29.3 Å². The quantitative estimate of drug-likeness (QED) is 0.592. The molecule has 0 aliphatic carbocycles. The van der Waals surface area contributed by atoms with Crippen LogP contribution in [0.25, 0.3) is 0 Å². The van der Waals surface area contributed by atoms with Gasteiger partial charge in [-0.3, -0.25) is 14.4 Å². The van der Waals surface area contributed by atoms with Crippen LogP contribution in [0.4, 0.5) is 0 Å². The van der Waals surface area contributed by atoms with Crippen LogP contribution < -0.4 is 0 Å². The highest BCUT2D eigenvalue weighted by Gasteiger charge is 2.35. The molecule has 1 aliphatic heterocycles. The predicted molar refractivity (Wildman–Crippen MR) is 55.0 cm³/mol. The van der Waals surface area contributed by atoms with Crippen LogP contribution in [0.1, 0.15) is 12.8 Å². The summed E-state index contributed by atoms with van der Waals surface area (Å²) < 4.78 is 4.53. The van der Waals surface area contributed by atoms with Gasteiger partial charge in [0, 0.05) is 19.5 Å². The van der Waals surface area contributed by atoms with E-state index in [1.807, 2.05) is 0 Å². The van der Waals surface area contributed by atoms with Gasteiger partial charge in [0.25, 0.3) is 0 Å². The van der Waals surface area contributed by atoms with Gasteiger partial charge in [-0.25, -0.2) is 0 Å². The Morgan fingerprint density at radius 1 is 1.59 bits per heavy atom. The third-order valence-corrected chi connectivity index (χ3v) is 2.59. The molecule has 0 radical (unpaired) electrons. The molecule has 0 bridgehead atoms. The van der Waals surface area contributed by atoms with Crippen molar-refractivity contribution in [1.29, 1.82) is 0 Å². The molecule has 0 aromatic heterocycles. The number of aliphatic hydroxyl groups excluding tert-OH is 1. The van der Waals surface area contributed by atoms with Gasteiger partial charge in [-0.1, -0.05) is 0 Å². The number of rotatable bonds is 5. The van der Waals surface area contributed by atoms with E-state index in [1.54, 1.807) is 0 Å². The maximum atomic E-state index is 11.5. The molecule has 17 heavy (non-hydrogen) atoms. The number of β-amino-alcohol motifs (C(OH)–C–C–N with tert-alkyl or cyclic N) is 1. The van der Waals surface area contributed by atoms with Crippen LogP contribution in [0.15, 0.2) is 0 Å². The van der Waals surface area contributed by atoms with Gasteiger partial charge < -0.3 is 19.8 Å². The third-order valence-electron chi connectivity index (χ3n) is 2.59. The molecule has 7 nitrogen and oxygen atoms in total. The van der Waals surface area contributed by atoms with E-state index in [0.717, 1.165) is 0 Å². The first-order chi connectivity index (χ1) is 7.93. The zero-order valence-corrected chi connectivity index (χ0v) is 9.46. The number of hydrogen-bond acceptors (Lipinski definition) is 5. The van der Waals surface area contributed by atoms with Crippen LogP contribution >= 0.6 is 0 Å². The summed E-state index contributed by atoms with van der Waals surface area (Å²) >= 11 is 0. The summed E-state index contributed by atoms with van der Waals surface area (Å²) in [5, 5.41) is 17.9. The number of likely N-dealkylation sites (tertiary alicyclic amines) is 1. The van der Waals surface area contributed by atoms with Crippen molar-refractivity contribution in [2.75, 3.05) is 20.2 Å². The number of carboxylic acids is 1. The summed E-state index contributed by atoms with van der Waals surface area (Å²) in [5.74, 6) is -2.39. The Kier molecular flexibility index (Phi) is 4.45. The minimum absolute atomic E-state index is 0.0481. The standard InChI is InChI=1S/C10H15NO6/c1-17-10(16)6-2-8(13)11(4-6)5-7(12)3-9(14)15/h6-7,12H,2-5H2,1H3,(H,14,15). The van der Waals surface area contributed by atoms with Gasteiger partial charge in [-0.15, -0.1) is 0 Å². The number of carbonyl (C=O) groups is 3. The zero-order valence-electron chi connectivity index (χ0n) is 9.46. The summed E-state index contributed by atoms with van der Waals surface area (Å²) in [5.41, 5.74) is 0. The van der Waals surface area contributed by atoms with Crippen molar-refractivity contribution >= 4 is 17.8 Å². The van der Waals surface area contributed by atoms with E-state index in [4.69, 9.17) is 5.11 Å². The Balaban J connectivity index is 2.48. The van der Waals surface area contributed by atoms with E-state index in [1.165, 1.54) is 12.0 Å². The molecule has 1 rings (SSSR count). The first kappa shape index (κ1) is 13.4. The molecule has 0 saturated carbocycles. The van der Waals surface area contributed by atoms with Gasteiger partial charge in [-0.05, 0) is 0 Å². The number of methoxy groups -OCH3 is 1. The van der Waals surface area contributed by atoms with Gasteiger partial charge in [-0.2, -0.15) is 0 Å². The Morgan fingerprint density at radius 3 is 2.76 bits per heavy atom. The number of aliphatic carboxylic acids is 1. The van der Waals surface area contributed by atoms with Gasteiger partial charge >= 0.3 is 11.9 Å². The normalized spacial score (nSPS) is 21.4. The number of aliphatic hydroxyl groups is 1. The predicted octanol–water partition coefficient (Wildman–Crippen LogP) is -1.16. The first-order valence-electron chi connectivity index (χ1n) is 5.19. The topological polar surface area (TPSA) is 104 Å². The van der Waals surface area contributed by atoms with Crippen LogP contribution in [0.3, 0.4) is 0 Å². The van der Waals surface area contributed by atoms with Gasteiger partial charge in [0.1, 0.15) is 0 Å². The summed E-state index contributed by atoms with van der Waals surface area (Å²) in [6.45, 7) is 0.0980. The van der Waals surface area contributed by atoms with Crippen molar-refractivity contribution in [2.24, 2.45) is 5.92 Å². The molecule has 0 aromatic carbocycles. The number of nitrogens with zero attached hydrogens (tertiary/aromatic N) is 1. The number of amides is 1. The SMILES string of the molecule is COC(=O)C1CC(=O)N(CC(O)CC(=O)O)C1. The summed E-state index contributed by atoms with van der Waals surface area (Å²) in [6, 6.07) is 0. The van der Waals surface area contributed by atoms with E-state index in [2.05, 4.69) is 4.74 Å². The van der Waals surface area contributed by atoms with E-state index < -0.39 is 30.4 Å². The maximum absolute atomic E-state index is 11.5. The number of carbonyl (C=O) groups excluding carboxylic acids is 2. The summed E-state index contributed by atoms with van der Waals surface area (Å²) in [6.07, 6.45) is -1.49. The number of ether oxygens (including phenoxy) is 1. The highest BCUT2D eigenvalue weighted by Crippen LogP contribution is 2.19. The Hall–Kier alpha value is -1.63. The molecule has 1 fully saturated rings. The average molecular weight is 245 g/mol. The van der Waals surface area contributed by atoms with Crippen LogP contribution in [0, 0.1) is 5.92 Å². The van der Waals surface area contributed by atoms with Crippen molar-refractivity contribution in [1.82, 2.24) is 4.90 Å². The van der Waals surface area contributed by atoms with Crippen LogP contribution in [-0.4, -0.2) is 59.3 Å². The molecule has 7 heteroatoms. The minimum atomic E-state index is -1.13. The molecule has 1 saturated heterocycles. The Bertz CT molecular complexity index is 329. The lowest BCUT2D eigenvalue weighted by molar-refractivity contribution is -0.145. The van der Waals surface area contributed by atoms with Crippen molar-refractivity contribution in [3.8, 4) is 0 Å². The molecule has 2 N–H and O–H groups in total. The smallest absolute Gasteiger partial charge is 0.310 e. The zero-order chi connectivity index (χ0) is 13.0. The lowest BCUT2D eigenvalue weighted by Gasteiger charge is -2.19. The molecule has 0 spiro atoms. The lowest BCUT2D eigenvalue weighted by Crippen LogP contribution is -2.35. The number of carboxylic acid groups (broad SMARTS) is 1. The summed E-state index contributed by atoms with van der Waals surface area (Å²) in [4.78, 5) is 34.3. The number of esters is 1. The highest BCUT2D eigenvalue weighted by molar-refractivity contribution is 5.86. The molecule has 1 amide bonds. The monoisotopic (exact) mass is 245 g/mol. The van der Waals surface area contributed by atoms with E-state index in [-0.39, 0.29) is 25.4 Å². The molecule has 2 unspecified atom stereocenters. The van der Waals surface area contributed by atoms with Crippen LogP contribution in [0.2, 0.25) is 0 Å². The largest absolute Gasteiger partial charge is 0.481 e. The van der Waals surface area contributed by atoms with Gasteiger partial charge in [0.05, 0.1) is 25.6 Å². The second kappa shape index (κ2) is 5.62. The molecule has 0 aromatic rings. The maximum Gasteiger partial charge on any atom is 0.310 e. The fraction of sp³-hybridized carbons (Fsp3) is 0.700. The highest BCUT2D eigenvalue weighted by atomic mass is 16.5. The second-order valence-electron chi connectivity index (χ2n) is 3.97. The molecule has 2 atom stereocenters. The van der Waals surface area contributed by atoms with Gasteiger partial charge in [0.2, 0.25) is 5.91 Å². The van der Waals surface area contributed by atoms with Crippen molar-refractivity contribution in [3.05, 3.63) is 0 Å². The first-order valence-corrected chi connectivity index (χ1v) is 5.19. The minimum Gasteiger partial charge on any atom is -0.481 e. The third kappa shape index (κ3) is 3.70. The van der Waals surface area contributed by atoms with Crippen molar-refractivity contribution in [3.63, 3.8) is 0 Å². The van der Waals surface area contributed by atoms with E-state index in [9.17, 15) is 19.5 Å². The molecular weight excluding hydrogens is 230 g/mol.